The maximum atomic E-state index is 12.5. The molecule has 1 atom stereocenters. The van der Waals surface area contributed by atoms with Gasteiger partial charge in [-0.3, -0.25) is 9.48 Å². The van der Waals surface area contributed by atoms with Gasteiger partial charge in [0.2, 0.25) is 0 Å². The second kappa shape index (κ2) is 7.43. The lowest BCUT2D eigenvalue weighted by molar-refractivity contribution is 0.214. The van der Waals surface area contributed by atoms with Gasteiger partial charge in [0.05, 0.1) is 17.1 Å². The molecule has 0 radical (unpaired) electrons. The molecule has 2 heterocycles. The van der Waals surface area contributed by atoms with Crippen molar-refractivity contribution in [1.29, 1.82) is 0 Å². The van der Waals surface area contributed by atoms with Gasteiger partial charge < -0.3 is 5.11 Å². The van der Waals surface area contributed by atoms with Crippen LogP contribution in [0.3, 0.4) is 0 Å². The Hall–Kier alpha value is -2.61. The van der Waals surface area contributed by atoms with E-state index in [1.807, 2.05) is 24.3 Å². The molecule has 2 aromatic heterocycles. The Kier molecular flexibility index (Phi) is 4.97. The van der Waals surface area contributed by atoms with Gasteiger partial charge >= 0.3 is 0 Å². The topological polar surface area (TPSA) is 65.0 Å². The first kappa shape index (κ1) is 18.7. The maximum absolute atomic E-state index is 12.5. The standard InChI is InChI=1S/C20H16BrClN4O2/c1-24-12-16(21)20(28)26(24)18-5-3-2-4-15(18)19(27)17-10-11-25(23-17)14-8-6-13(22)7-9-14/h2-12,19,27H,1H3. The van der Waals surface area contributed by atoms with Gasteiger partial charge in [-0.1, -0.05) is 29.8 Å². The fourth-order valence-electron chi connectivity index (χ4n) is 3.09. The highest BCUT2D eigenvalue weighted by atomic mass is 79.9. The normalized spacial score (nSPS) is 12.3. The average molecular weight is 460 g/mol. The predicted molar refractivity (Wildman–Crippen MR) is 111 cm³/mol. The van der Waals surface area contributed by atoms with Crippen molar-refractivity contribution in [2.75, 3.05) is 0 Å². The molecule has 0 fully saturated rings. The van der Waals surface area contributed by atoms with Gasteiger partial charge in [0.15, 0.2) is 0 Å². The smallest absolute Gasteiger partial charge is 0.285 e. The number of benzene rings is 2. The summed E-state index contributed by atoms with van der Waals surface area (Å²) in [5.41, 5.74) is 2.28. The van der Waals surface area contributed by atoms with Crippen LogP contribution in [0.15, 0.2) is 76.3 Å². The zero-order chi connectivity index (χ0) is 19.8. The second-order valence-electron chi connectivity index (χ2n) is 6.29. The van der Waals surface area contributed by atoms with E-state index in [4.69, 9.17) is 11.6 Å². The number of aryl methyl sites for hydroxylation is 1. The minimum absolute atomic E-state index is 0.200. The van der Waals surface area contributed by atoms with Gasteiger partial charge in [-0.2, -0.15) is 5.10 Å². The maximum Gasteiger partial charge on any atom is 0.285 e. The van der Waals surface area contributed by atoms with E-state index in [-0.39, 0.29) is 5.56 Å². The molecule has 4 rings (SSSR count). The van der Waals surface area contributed by atoms with E-state index in [9.17, 15) is 9.90 Å². The first-order chi connectivity index (χ1) is 13.5. The molecule has 0 saturated carbocycles. The SMILES string of the molecule is Cn1cc(Br)c(=O)n1-c1ccccc1C(O)c1ccn(-c2ccc(Cl)cc2)n1. The number of hydrogen-bond acceptors (Lipinski definition) is 3. The summed E-state index contributed by atoms with van der Waals surface area (Å²) in [6.07, 6.45) is 2.46. The molecule has 0 aliphatic heterocycles. The third-order valence-corrected chi connectivity index (χ3v) is 5.25. The van der Waals surface area contributed by atoms with Gasteiger partial charge in [-0.05, 0) is 52.3 Å². The largest absolute Gasteiger partial charge is 0.382 e. The molecule has 0 aliphatic rings. The van der Waals surface area contributed by atoms with Crippen molar-refractivity contribution in [3.05, 3.63) is 98.1 Å². The molecule has 0 spiro atoms. The Morgan fingerprint density at radius 3 is 2.50 bits per heavy atom. The van der Waals surface area contributed by atoms with Crippen molar-refractivity contribution >= 4 is 27.5 Å². The molecule has 1 unspecified atom stereocenters. The number of para-hydroxylation sites is 1. The van der Waals surface area contributed by atoms with Crippen LogP contribution in [0.4, 0.5) is 0 Å². The lowest BCUT2D eigenvalue weighted by atomic mass is 10.0. The number of aliphatic hydroxyl groups excluding tert-OH is 1. The number of hydrogen-bond donors (Lipinski definition) is 1. The van der Waals surface area contributed by atoms with Crippen LogP contribution in [0, 0.1) is 0 Å². The third-order valence-electron chi connectivity index (χ3n) is 4.45. The highest BCUT2D eigenvalue weighted by Crippen LogP contribution is 2.27. The number of nitrogens with zero attached hydrogens (tertiary/aromatic N) is 4. The molecule has 1 N–H and O–H groups in total. The van der Waals surface area contributed by atoms with Gasteiger partial charge in [0.25, 0.3) is 5.56 Å². The number of aromatic nitrogens is 4. The van der Waals surface area contributed by atoms with Crippen LogP contribution in [-0.4, -0.2) is 24.3 Å². The highest BCUT2D eigenvalue weighted by molar-refractivity contribution is 9.10. The Morgan fingerprint density at radius 2 is 1.82 bits per heavy atom. The molecule has 2 aromatic carbocycles. The summed E-state index contributed by atoms with van der Waals surface area (Å²) in [6.45, 7) is 0. The van der Waals surface area contributed by atoms with Gasteiger partial charge in [0.1, 0.15) is 10.6 Å². The van der Waals surface area contributed by atoms with E-state index in [2.05, 4.69) is 21.0 Å². The number of halogens is 2. The van der Waals surface area contributed by atoms with E-state index in [0.717, 1.165) is 5.69 Å². The molecule has 4 aromatic rings. The third kappa shape index (κ3) is 3.32. The molecule has 0 bridgehead atoms. The summed E-state index contributed by atoms with van der Waals surface area (Å²) < 4.78 is 5.29. The molecular weight excluding hydrogens is 444 g/mol. The molecule has 6 nitrogen and oxygen atoms in total. The quantitative estimate of drug-likeness (QED) is 0.504. The second-order valence-corrected chi connectivity index (χ2v) is 7.58. The summed E-state index contributed by atoms with van der Waals surface area (Å²) in [5, 5.41) is 16.1. The minimum atomic E-state index is -0.995. The first-order valence-corrected chi connectivity index (χ1v) is 9.66. The predicted octanol–water partition coefficient (Wildman–Crippen LogP) is 3.86. The van der Waals surface area contributed by atoms with Crippen molar-refractivity contribution in [3.8, 4) is 11.4 Å². The molecule has 0 saturated heterocycles. The van der Waals surface area contributed by atoms with Crippen molar-refractivity contribution < 1.29 is 5.11 Å². The van der Waals surface area contributed by atoms with Crippen LogP contribution >= 0.6 is 27.5 Å². The zero-order valence-electron chi connectivity index (χ0n) is 14.8. The van der Waals surface area contributed by atoms with E-state index in [0.29, 0.717) is 26.4 Å². The molecule has 8 heteroatoms. The van der Waals surface area contributed by atoms with Crippen LogP contribution in [0.5, 0.6) is 0 Å². The average Bonchev–Trinajstić information content (AvgIpc) is 3.27. The highest BCUT2D eigenvalue weighted by Gasteiger charge is 2.20. The summed E-state index contributed by atoms with van der Waals surface area (Å²) in [7, 11) is 1.77. The van der Waals surface area contributed by atoms with Gasteiger partial charge in [-0.15, -0.1) is 0 Å². The van der Waals surface area contributed by atoms with E-state index < -0.39 is 6.10 Å². The van der Waals surface area contributed by atoms with Crippen molar-refractivity contribution in [3.63, 3.8) is 0 Å². The molecule has 0 aliphatic carbocycles. The summed E-state index contributed by atoms with van der Waals surface area (Å²) in [5.74, 6) is 0. The van der Waals surface area contributed by atoms with Crippen molar-refractivity contribution in [1.82, 2.24) is 19.1 Å². The van der Waals surface area contributed by atoms with Gasteiger partial charge in [0, 0.05) is 30.0 Å². The van der Waals surface area contributed by atoms with Crippen LogP contribution < -0.4 is 5.56 Å². The van der Waals surface area contributed by atoms with Crippen LogP contribution in [0.2, 0.25) is 5.02 Å². The van der Waals surface area contributed by atoms with Crippen molar-refractivity contribution in [2.24, 2.45) is 7.05 Å². The zero-order valence-corrected chi connectivity index (χ0v) is 17.2. The fraction of sp³-hybridized carbons (Fsp3) is 0.100. The summed E-state index contributed by atoms with van der Waals surface area (Å²) in [6, 6.07) is 16.2. The Morgan fingerprint density at radius 1 is 1.11 bits per heavy atom. The number of rotatable bonds is 4. The Labute approximate surface area is 174 Å². The van der Waals surface area contributed by atoms with Crippen LogP contribution in [0.1, 0.15) is 17.4 Å². The fourth-order valence-corrected chi connectivity index (χ4v) is 3.68. The summed E-state index contributed by atoms with van der Waals surface area (Å²) >= 11 is 9.20. The first-order valence-electron chi connectivity index (χ1n) is 8.49. The van der Waals surface area contributed by atoms with Crippen molar-refractivity contribution in [2.45, 2.75) is 6.10 Å². The lowest BCUT2D eigenvalue weighted by Crippen LogP contribution is -2.22. The monoisotopic (exact) mass is 458 g/mol. The lowest BCUT2D eigenvalue weighted by Gasteiger charge is -2.16. The Bertz CT molecular complexity index is 1190. The number of aliphatic hydroxyl groups is 1. The molecular formula is C20H16BrClN4O2. The molecule has 0 amide bonds. The van der Waals surface area contributed by atoms with E-state index >= 15 is 0 Å². The Balaban J connectivity index is 1.75. The van der Waals surface area contributed by atoms with Crippen LogP contribution in [-0.2, 0) is 7.05 Å². The van der Waals surface area contributed by atoms with Gasteiger partial charge in [-0.25, -0.2) is 9.36 Å². The minimum Gasteiger partial charge on any atom is -0.382 e. The van der Waals surface area contributed by atoms with E-state index in [1.54, 1.807) is 59.1 Å². The van der Waals surface area contributed by atoms with Crippen LogP contribution in [0.25, 0.3) is 11.4 Å². The molecule has 142 valence electrons. The molecule has 28 heavy (non-hydrogen) atoms. The van der Waals surface area contributed by atoms with E-state index in [1.165, 1.54) is 4.68 Å². The summed E-state index contributed by atoms with van der Waals surface area (Å²) in [4.78, 5) is 12.5.